The van der Waals surface area contributed by atoms with E-state index in [1.54, 1.807) is 0 Å². The van der Waals surface area contributed by atoms with Gasteiger partial charge in [-0.05, 0) is 24.8 Å². The maximum Gasteiger partial charge on any atom is 0.326 e. The molecule has 6 heteroatoms. The number of piperidine rings is 1. The van der Waals surface area contributed by atoms with Gasteiger partial charge in [0.05, 0.1) is 6.04 Å². The fourth-order valence-corrected chi connectivity index (χ4v) is 2.30. The van der Waals surface area contributed by atoms with Gasteiger partial charge in [0.15, 0.2) is 0 Å². The Morgan fingerprint density at radius 2 is 2.17 bits per heavy atom. The van der Waals surface area contributed by atoms with Crippen LogP contribution in [-0.2, 0) is 9.59 Å². The number of carbonyl (C=O) groups excluding carboxylic acids is 1. The largest absolute Gasteiger partial charge is 0.480 e. The fraction of sp³-hybridized carbons (Fsp3) is 0.833. The van der Waals surface area contributed by atoms with Gasteiger partial charge in [0.2, 0.25) is 5.91 Å². The molecule has 0 aromatic carbocycles. The van der Waals surface area contributed by atoms with Gasteiger partial charge in [-0.2, -0.15) is 0 Å². The highest BCUT2D eigenvalue weighted by atomic mass is 16.4. The zero-order chi connectivity index (χ0) is 13.8. The number of aliphatic hydroxyl groups excluding tert-OH is 1. The first kappa shape index (κ1) is 14.9. The Morgan fingerprint density at radius 3 is 2.67 bits per heavy atom. The van der Waals surface area contributed by atoms with E-state index in [0.29, 0.717) is 0 Å². The minimum atomic E-state index is -1.12. The van der Waals surface area contributed by atoms with Crippen molar-refractivity contribution < 1.29 is 19.8 Å². The second-order valence-corrected chi connectivity index (χ2v) is 5.39. The van der Waals surface area contributed by atoms with Crippen LogP contribution in [0, 0.1) is 5.41 Å². The van der Waals surface area contributed by atoms with Gasteiger partial charge in [-0.15, -0.1) is 0 Å². The lowest BCUT2D eigenvalue weighted by atomic mass is 9.77. The summed E-state index contributed by atoms with van der Waals surface area (Å²) in [5.41, 5.74) is -0.190. The van der Waals surface area contributed by atoms with E-state index in [4.69, 9.17) is 10.2 Å². The molecule has 1 heterocycles. The molecule has 18 heavy (non-hydrogen) atoms. The van der Waals surface area contributed by atoms with E-state index in [1.807, 2.05) is 13.8 Å². The number of aliphatic hydroxyl groups is 1. The van der Waals surface area contributed by atoms with Crippen molar-refractivity contribution in [2.75, 3.05) is 13.2 Å². The molecular weight excluding hydrogens is 236 g/mol. The molecule has 0 aromatic rings. The van der Waals surface area contributed by atoms with Crippen molar-refractivity contribution in [2.45, 2.75) is 45.2 Å². The van der Waals surface area contributed by atoms with Crippen LogP contribution in [0.3, 0.4) is 0 Å². The first-order valence-electron chi connectivity index (χ1n) is 6.26. The molecule has 4 N–H and O–H groups in total. The van der Waals surface area contributed by atoms with Crippen molar-refractivity contribution in [3.05, 3.63) is 0 Å². The molecular formula is C12H22N2O4. The Labute approximate surface area is 107 Å². The van der Waals surface area contributed by atoms with Crippen molar-refractivity contribution in [1.82, 2.24) is 10.6 Å². The predicted molar refractivity (Wildman–Crippen MR) is 66.1 cm³/mol. The Kier molecular flexibility index (Phi) is 5.10. The van der Waals surface area contributed by atoms with Crippen LogP contribution >= 0.6 is 0 Å². The first-order chi connectivity index (χ1) is 8.38. The van der Waals surface area contributed by atoms with Gasteiger partial charge in [0.1, 0.15) is 6.04 Å². The van der Waals surface area contributed by atoms with Crippen LogP contribution in [0.15, 0.2) is 0 Å². The average molecular weight is 258 g/mol. The molecule has 2 unspecified atom stereocenters. The fourth-order valence-electron chi connectivity index (χ4n) is 2.30. The lowest BCUT2D eigenvalue weighted by Gasteiger charge is -2.38. The Morgan fingerprint density at radius 1 is 1.50 bits per heavy atom. The molecule has 1 rings (SSSR count). The number of carboxylic acids is 1. The second-order valence-electron chi connectivity index (χ2n) is 5.39. The van der Waals surface area contributed by atoms with Gasteiger partial charge in [-0.1, -0.05) is 13.8 Å². The van der Waals surface area contributed by atoms with Crippen molar-refractivity contribution >= 4 is 11.9 Å². The summed E-state index contributed by atoms with van der Waals surface area (Å²) in [5.74, 6) is -1.42. The Balaban J connectivity index is 2.65. The highest BCUT2D eigenvalue weighted by Gasteiger charge is 2.38. The third-order valence-electron chi connectivity index (χ3n) is 3.42. The van der Waals surface area contributed by atoms with Crippen LogP contribution in [0.1, 0.15) is 33.1 Å². The molecule has 6 nitrogen and oxygen atoms in total. The maximum absolute atomic E-state index is 12.1. The number of rotatable bonds is 5. The summed E-state index contributed by atoms with van der Waals surface area (Å²) in [6, 6.07) is -1.41. The zero-order valence-electron chi connectivity index (χ0n) is 10.9. The SMILES string of the molecule is CC1(C)CCCNC1C(=O)NC(CCO)C(=O)O. The quantitative estimate of drug-likeness (QED) is 0.543. The molecule has 0 aliphatic carbocycles. The monoisotopic (exact) mass is 258 g/mol. The number of hydrogen-bond acceptors (Lipinski definition) is 4. The molecule has 1 saturated heterocycles. The maximum atomic E-state index is 12.1. The molecule has 0 saturated carbocycles. The number of nitrogens with one attached hydrogen (secondary N) is 2. The molecule has 1 amide bonds. The molecule has 1 fully saturated rings. The van der Waals surface area contributed by atoms with Crippen LogP contribution in [-0.4, -0.2) is 47.3 Å². The summed E-state index contributed by atoms with van der Waals surface area (Å²) < 4.78 is 0. The van der Waals surface area contributed by atoms with E-state index < -0.39 is 12.0 Å². The Hall–Kier alpha value is -1.14. The molecule has 104 valence electrons. The standard InChI is InChI=1S/C12H22N2O4/c1-12(2)5-3-6-13-9(12)10(16)14-8(4-7-15)11(17)18/h8-9,13,15H,3-7H2,1-2H3,(H,14,16)(H,17,18). The van der Waals surface area contributed by atoms with Gasteiger partial charge >= 0.3 is 5.97 Å². The van der Waals surface area contributed by atoms with E-state index >= 15 is 0 Å². The molecule has 0 radical (unpaired) electrons. The molecule has 1 aliphatic heterocycles. The van der Waals surface area contributed by atoms with E-state index in [1.165, 1.54) is 0 Å². The van der Waals surface area contributed by atoms with E-state index in [9.17, 15) is 9.59 Å². The molecule has 2 atom stereocenters. The number of hydrogen-bond donors (Lipinski definition) is 4. The summed E-state index contributed by atoms with van der Waals surface area (Å²) in [5, 5.41) is 23.3. The first-order valence-corrected chi connectivity index (χ1v) is 6.26. The lowest BCUT2D eigenvalue weighted by molar-refractivity contribution is -0.143. The molecule has 0 bridgehead atoms. The van der Waals surface area contributed by atoms with E-state index in [0.717, 1.165) is 19.4 Å². The highest BCUT2D eigenvalue weighted by molar-refractivity contribution is 5.87. The number of carbonyl (C=O) groups is 2. The van der Waals surface area contributed by atoms with Crippen molar-refractivity contribution in [3.8, 4) is 0 Å². The van der Waals surface area contributed by atoms with Gasteiger partial charge in [-0.25, -0.2) is 4.79 Å². The predicted octanol–water partition coefficient (Wildman–Crippen LogP) is -0.284. The van der Waals surface area contributed by atoms with Crippen molar-refractivity contribution in [2.24, 2.45) is 5.41 Å². The average Bonchev–Trinajstić information content (AvgIpc) is 2.27. The minimum Gasteiger partial charge on any atom is -0.480 e. The van der Waals surface area contributed by atoms with Gasteiger partial charge in [0.25, 0.3) is 0 Å². The normalized spacial score (nSPS) is 24.3. The third-order valence-corrected chi connectivity index (χ3v) is 3.42. The molecule has 0 spiro atoms. The minimum absolute atomic E-state index is 0.0220. The third kappa shape index (κ3) is 3.68. The van der Waals surface area contributed by atoms with Crippen LogP contribution in [0.5, 0.6) is 0 Å². The van der Waals surface area contributed by atoms with Crippen LogP contribution in [0.4, 0.5) is 0 Å². The topological polar surface area (TPSA) is 98.7 Å². The van der Waals surface area contributed by atoms with Gasteiger partial charge in [0, 0.05) is 13.0 Å². The summed E-state index contributed by atoms with van der Waals surface area (Å²) in [4.78, 5) is 23.0. The molecule has 0 aromatic heterocycles. The van der Waals surface area contributed by atoms with E-state index in [-0.39, 0.29) is 30.4 Å². The zero-order valence-corrected chi connectivity index (χ0v) is 10.9. The lowest BCUT2D eigenvalue weighted by Crippen LogP contribution is -2.58. The Bertz CT molecular complexity index is 317. The van der Waals surface area contributed by atoms with Gasteiger partial charge < -0.3 is 20.8 Å². The van der Waals surface area contributed by atoms with Crippen molar-refractivity contribution in [3.63, 3.8) is 0 Å². The summed E-state index contributed by atoms with van der Waals surface area (Å²) in [6.45, 7) is 4.48. The number of carboxylic acid groups (broad SMARTS) is 1. The van der Waals surface area contributed by atoms with Gasteiger partial charge in [-0.3, -0.25) is 4.79 Å². The highest BCUT2D eigenvalue weighted by Crippen LogP contribution is 2.30. The van der Waals surface area contributed by atoms with E-state index in [2.05, 4.69) is 10.6 Å². The summed E-state index contributed by atoms with van der Waals surface area (Å²) >= 11 is 0. The number of amides is 1. The number of aliphatic carboxylic acids is 1. The van der Waals surface area contributed by atoms with Crippen LogP contribution in [0.2, 0.25) is 0 Å². The van der Waals surface area contributed by atoms with Crippen molar-refractivity contribution in [1.29, 1.82) is 0 Å². The summed E-state index contributed by atoms with van der Waals surface area (Å²) in [7, 11) is 0. The van der Waals surface area contributed by atoms with Crippen LogP contribution < -0.4 is 10.6 Å². The molecule has 1 aliphatic rings. The van der Waals surface area contributed by atoms with Crippen LogP contribution in [0.25, 0.3) is 0 Å². The smallest absolute Gasteiger partial charge is 0.326 e. The summed E-state index contributed by atoms with van der Waals surface area (Å²) in [6.07, 6.45) is 1.96. The second kappa shape index (κ2) is 6.15.